The van der Waals surface area contributed by atoms with Crippen LogP contribution in [0.25, 0.3) is 0 Å². The van der Waals surface area contributed by atoms with Crippen molar-refractivity contribution in [1.82, 2.24) is 0 Å². The van der Waals surface area contributed by atoms with Crippen LogP contribution in [0.1, 0.15) is 64.8 Å². The molecule has 0 spiro atoms. The number of hydrogen-bond acceptors (Lipinski definition) is 3. The van der Waals surface area contributed by atoms with Crippen molar-refractivity contribution < 1.29 is 14.7 Å². The van der Waals surface area contributed by atoms with Crippen LogP contribution in [0.4, 0.5) is 0 Å². The van der Waals surface area contributed by atoms with E-state index >= 15 is 0 Å². The summed E-state index contributed by atoms with van der Waals surface area (Å²) in [7, 11) is 0. The fourth-order valence-corrected chi connectivity index (χ4v) is 4.27. The van der Waals surface area contributed by atoms with Crippen molar-refractivity contribution in [3.63, 3.8) is 0 Å². The van der Waals surface area contributed by atoms with E-state index in [0.29, 0.717) is 17.0 Å². The van der Waals surface area contributed by atoms with Gasteiger partial charge in [-0.2, -0.15) is 0 Å². The van der Waals surface area contributed by atoms with Gasteiger partial charge in [0.15, 0.2) is 5.78 Å². The Kier molecular flexibility index (Phi) is 3.83. The Bertz CT molecular complexity index is 547. The number of rotatable bonds is 2. The average molecular weight is 290 g/mol. The van der Waals surface area contributed by atoms with Gasteiger partial charge in [0, 0.05) is 5.56 Å². The van der Waals surface area contributed by atoms with Crippen LogP contribution in [0.2, 0.25) is 0 Å². The summed E-state index contributed by atoms with van der Waals surface area (Å²) >= 11 is 1.21. The SMILES string of the molecule is O=C1CSC(C(=O)O)c2ccc(C3CCCCC3)cc21. The van der Waals surface area contributed by atoms with Crippen molar-refractivity contribution in [1.29, 1.82) is 0 Å². The van der Waals surface area contributed by atoms with Gasteiger partial charge in [-0.15, -0.1) is 11.8 Å². The first-order chi connectivity index (χ1) is 9.66. The second-order valence-corrected chi connectivity index (χ2v) is 6.73. The third kappa shape index (κ3) is 2.49. The lowest BCUT2D eigenvalue weighted by atomic mass is 9.82. The minimum absolute atomic E-state index is 0.0696. The molecule has 3 nitrogen and oxygen atoms in total. The summed E-state index contributed by atoms with van der Waals surface area (Å²) < 4.78 is 0. The maximum absolute atomic E-state index is 12.1. The normalized spacial score (nSPS) is 23.4. The van der Waals surface area contributed by atoms with Gasteiger partial charge in [-0.1, -0.05) is 31.4 Å². The van der Waals surface area contributed by atoms with E-state index in [-0.39, 0.29) is 11.5 Å². The van der Waals surface area contributed by atoms with Gasteiger partial charge in [-0.25, -0.2) is 0 Å². The number of fused-ring (bicyclic) bond motifs is 1. The van der Waals surface area contributed by atoms with Crippen LogP contribution in [0.5, 0.6) is 0 Å². The van der Waals surface area contributed by atoms with Crippen LogP contribution in [-0.4, -0.2) is 22.6 Å². The molecule has 1 fully saturated rings. The van der Waals surface area contributed by atoms with Crippen LogP contribution in [-0.2, 0) is 4.79 Å². The quantitative estimate of drug-likeness (QED) is 0.900. The molecule has 1 aromatic carbocycles. The maximum atomic E-state index is 12.1. The van der Waals surface area contributed by atoms with Crippen LogP contribution in [0, 0.1) is 0 Å². The predicted octanol–water partition coefficient (Wildman–Crippen LogP) is 3.79. The van der Waals surface area contributed by atoms with E-state index in [1.165, 1.54) is 49.4 Å². The first-order valence-electron chi connectivity index (χ1n) is 7.18. The number of carbonyl (C=O) groups excluding carboxylic acids is 1. The lowest BCUT2D eigenvalue weighted by molar-refractivity contribution is -0.136. The molecule has 1 aromatic rings. The number of carbonyl (C=O) groups is 2. The number of aliphatic carboxylic acids is 1. The van der Waals surface area contributed by atoms with Crippen LogP contribution < -0.4 is 0 Å². The average Bonchev–Trinajstić information content (AvgIpc) is 2.48. The smallest absolute Gasteiger partial charge is 0.321 e. The highest BCUT2D eigenvalue weighted by molar-refractivity contribution is 8.01. The van der Waals surface area contributed by atoms with E-state index in [4.69, 9.17) is 0 Å². The predicted molar refractivity (Wildman–Crippen MR) is 79.4 cm³/mol. The van der Waals surface area contributed by atoms with E-state index in [1.807, 2.05) is 18.2 Å². The zero-order chi connectivity index (χ0) is 14.1. The Hall–Kier alpha value is -1.29. The highest BCUT2D eigenvalue weighted by Crippen LogP contribution is 2.40. The molecule has 1 aliphatic carbocycles. The summed E-state index contributed by atoms with van der Waals surface area (Å²) in [6.45, 7) is 0. The molecule has 3 rings (SSSR count). The Morgan fingerprint density at radius 3 is 2.65 bits per heavy atom. The molecule has 0 radical (unpaired) electrons. The van der Waals surface area contributed by atoms with Crippen molar-refractivity contribution >= 4 is 23.5 Å². The molecule has 1 atom stereocenters. The van der Waals surface area contributed by atoms with E-state index in [1.54, 1.807) is 0 Å². The van der Waals surface area contributed by atoms with Gasteiger partial charge in [0.1, 0.15) is 5.25 Å². The van der Waals surface area contributed by atoms with Crippen molar-refractivity contribution in [2.75, 3.05) is 5.75 Å². The largest absolute Gasteiger partial charge is 0.480 e. The summed E-state index contributed by atoms with van der Waals surface area (Å²) in [6.07, 6.45) is 6.18. The van der Waals surface area contributed by atoms with Crippen molar-refractivity contribution in [3.05, 3.63) is 34.9 Å². The van der Waals surface area contributed by atoms with Crippen molar-refractivity contribution in [3.8, 4) is 0 Å². The molecule has 0 bridgehead atoms. The van der Waals surface area contributed by atoms with Gasteiger partial charge < -0.3 is 5.11 Å². The molecule has 0 saturated heterocycles. The second kappa shape index (κ2) is 5.60. The molecule has 1 N–H and O–H groups in total. The van der Waals surface area contributed by atoms with Crippen molar-refractivity contribution in [2.24, 2.45) is 0 Å². The Labute approximate surface area is 122 Å². The summed E-state index contributed by atoms with van der Waals surface area (Å²) in [5.74, 6) is 0.0342. The summed E-state index contributed by atoms with van der Waals surface area (Å²) in [6, 6.07) is 5.86. The Morgan fingerprint density at radius 2 is 1.95 bits per heavy atom. The minimum Gasteiger partial charge on any atom is -0.480 e. The van der Waals surface area contributed by atoms with E-state index in [9.17, 15) is 14.7 Å². The fourth-order valence-electron chi connectivity index (χ4n) is 3.26. The first-order valence-corrected chi connectivity index (χ1v) is 8.23. The number of carboxylic acid groups (broad SMARTS) is 1. The van der Waals surface area contributed by atoms with Crippen LogP contribution >= 0.6 is 11.8 Å². The number of carboxylic acids is 1. The third-order valence-electron chi connectivity index (χ3n) is 4.34. The molecule has 1 heterocycles. The van der Waals surface area contributed by atoms with E-state index < -0.39 is 11.2 Å². The topological polar surface area (TPSA) is 54.4 Å². The molecular formula is C16H18O3S. The van der Waals surface area contributed by atoms with Gasteiger partial charge in [0.2, 0.25) is 0 Å². The highest BCUT2D eigenvalue weighted by atomic mass is 32.2. The second-order valence-electron chi connectivity index (χ2n) is 5.63. The monoisotopic (exact) mass is 290 g/mol. The molecule has 0 aromatic heterocycles. The van der Waals surface area contributed by atoms with Gasteiger partial charge in [0.05, 0.1) is 5.75 Å². The van der Waals surface area contributed by atoms with Gasteiger partial charge in [-0.05, 0) is 36.0 Å². The number of hydrogen-bond donors (Lipinski definition) is 1. The number of benzene rings is 1. The summed E-state index contributed by atoms with van der Waals surface area (Å²) in [4.78, 5) is 23.4. The molecule has 106 valence electrons. The molecule has 20 heavy (non-hydrogen) atoms. The number of ketones is 1. The zero-order valence-corrected chi connectivity index (χ0v) is 12.1. The molecule has 2 aliphatic rings. The molecule has 0 amide bonds. The van der Waals surface area contributed by atoms with Crippen LogP contribution in [0.3, 0.4) is 0 Å². The Morgan fingerprint density at radius 1 is 1.20 bits per heavy atom. The first kappa shape index (κ1) is 13.7. The molecular weight excluding hydrogens is 272 g/mol. The van der Waals surface area contributed by atoms with Gasteiger partial charge in [-0.3, -0.25) is 9.59 Å². The zero-order valence-electron chi connectivity index (χ0n) is 11.3. The minimum atomic E-state index is -0.853. The fraction of sp³-hybridized carbons (Fsp3) is 0.500. The van der Waals surface area contributed by atoms with Gasteiger partial charge in [0.25, 0.3) is 0 Å². The van der Waals surface area contributed by atoms with E-state index in [0.717, 1.165) is 0 Å². The number of thioether (sulfide) groups is 1. The highest BCUT2D eigenvalue weighted by Gasteiger charge is 2.31. The summed E-state index contributed by atoms with van der Waals surface area (Å²) in [5, 5.41) is 8.66. The molecule has 1 aliphatic heterocycles. The number of Topliss-reactive ketones (excluding diaryl/α,β-unsaturated/α-hetero) is 1. The van der Waals surface area contributed by atoms with E-state index in [2.05, 4.69) is 0 Å². The standard InChI is InChI=1S/C16H18O3S/c17-14-9-20-15(16(18)19)12-7-6-11(8-13(12)14)10-4-2-1-3-5-10/h6-8,10,15H,1-5,9H2,(H,18,19). The van der Waals surface area contributed by atoms with Gasteiger partial charge >= 0.3 is 5.97 Å². The lowest BCUT2D eigenvalue weighted by Gasteiger charge is -2.25. The molecule has 4 heteroatoms. The molecule has 1 saturated carbocycles. The Balaban J connectivity index is 1.96. The maximum Gasteiger partial charge on any atom is 0.321 e. The third-order valence-corrected chi connectivity index (χ3v) is 5.56. The van der Waals surface area contributed by atoms with Crippen molar-refractivity contribution in [2.45, 2.75) is 43.3 Å². The lowest BCUT2D eigenvalue weighted by Crippen LogP contribution is -2.21. The van der Waals surface area contributed by atoms with Crippen LogP contribution in [0.15, 0.2) is 18.2 Å². The summed E-state index contributed by atoms with van der Waals surface area (Å²) in [5.41, 5.74) is 2.53. The molecule has 1 unspecified atom stereocenters.